The van der Waals surface area contributed by atoms with Gasteiger partial charge < -0.3 is 21.3 Å². The van der Waals surface area contributed by atoms with Gasteiger partial charge in [0.2, 0.25) is 0 Å². The molecule has 0 heterocycles. The van der Waals surface area contributed by atoms with Gasteiger partial charge in [-0.2, -0.15) is 13.6 Å². The summed E-state index contributed by atoms with van der Waals surface area (Å²) in [6.45, 7) is 8.53. The monoisotopic (exact) mass is 595 g/mol. The third kappa shape index (κ3) is 12.3. The maximum atomic E-state index is 9.28. The van der Waals surface area contributed by atoms with E-state index in [-0.39, 0.29) is 5.75 Å². The number of ether oxygens (including phenoxy) is 1. The minimum atomic E-state index is -0.472. The van der Waals surface area contributed by atoms with Crippen LogP contribution in [0.1, 0.15) is 37.0 Å². The summed E-state index contributed by atoms with van der Waals surface area (Å²) < 4.78 is 5.91. The molecule has 2 rings (SSSR count). The molecule has 3 N–H and O–H groups in total. The number of hydrogen-bond acceptors (Lipinski definition) is 2. The van der Waals surface area contributed by atoms with Crippen LogP contribution in [0.3, 0.4) is 0 Å². The molecule has 156 valence electrons. The van der Waals surface area contributed by atoms with E-state index in [1.165, 1.54) is 12.6 Å². The van der Waals surface area contributed by atoms with E-state index in [4.69, 9.17) is 35.0 Å². The summed E-state index contributed by atoms with van der Waals surface area (Å²) in [4.78, 5) is 0. The van der Waals surface area contributed by atoms with Crippen LogP contribution in [0.25, 0.3) is 11.5 Å². The molecular formula is C20H30Cl2N2O2Pt. The van der Waals surface area contributed by atoms with Crippen LogP contribution in [0.2, 0.25) is 0 Å². The predicted octanol–water partition coefficient (Wildman–Crippen LogP) is 7.86. The quantitative estimate of drug-likeness (QED) is 0.382. The number of rotatable bonds is 5. The SMILES string of the molecule is CC.C[NH-].Cc1cc(CCC[NH-])cc(C)c1Oc1ccc(O)cc1.[Cl][Pt+2][Cl]. The van der Waals surface area contributed by atoms with E-state index in [9.17, 15) is 5.11 Å². The molecule has 0 saturated heterocycles. The molecule has 7 heteroatoms. The van der Waals surface area contributed by atoms with Gasteiger partial charge in [0.15, 0.2) is 0 Å². The van der Waals surface area contributed by atoms with Crippen molar-refractivity contribution in [3.05, 3.63) is 64.6 Å². The van der Waals surface area contributed by atoms with Gasteiger partial charge in [0.1, 0.15) is 17.2 Å². The Labute approximate surface area is 180 Å². The van der Waals surface area contributed by atoms with E-state index in [1.807, 2.05) is 27.7 Å². The average molecular weight is 596 g/mol. The van der Waals surface area contributed by atoms with Gasteiger partial charge in [-0.3, -0.25) is 0 Å². The van der Waals surface area contributed by atoms with Crippen molar-refractivity contribution in [2.24, 2.45) is 0 Å². The number of hydrogen-bond donors (Lipinski definition) is 1. The van der Waals surface area contributed by atoms with E-state index in [0.717, 1.165) is 29.7 Å². The molecule has 27 heavy (non-hydrogen) atoms. The maximum absolute atomic E-state index is 9.28. The minimum absolute atomic E-state index is 0.233. The fourth-order valence-corrected chi connectivity index (χ4v) is 2.27. The Bertz CT molecular complexity index is 588. The summed E-state index contributed by atoms with van der Waals surface area (Å²) in [6, 6.07) is 11.0. The van der Waals surface area contributed by atoms with Crippen LogP contribution in [-0.4, -0.2) is 18.7 Å². The van der Waals surface area contributed by atoms with E-state index in [2.05, 4.69) is 12.1 Å². The molecule has 0 saturated carbocycles. The van der Waals surface area contributed by atoms with Crippen molar-refractivity contribution in [2.75, 3.05) is 13.6 Å². The Kier molecular flexibility index (Phi) is 19.6. The first kappa shape index (κ1) is 28.4. The zero-order valence-corrected chi connectivity index (χ0v) is 20.3. The molecular weight excluding hydrogens is 566 g/mol. The number of aryl methyl sites for hydroxylation is 3. The molecule has 2 aromatic carbocycles. The number of aromatic hydroxyl groups is 1. The first-order chi connectivity index (χ1) is 13.0. The van der Waals surface area contributed by atoms with Crippen LogP contribution in [0.5, 0.6) is 17.2 Å². The second-order valence-corrected chi connectivity index (χ2v) is 8.34. The summed E-state index contributed by atoms with van der Waals surface area (Å²) >= 11 is -0.472. The molecule has 0 bridgehead atoms. The summed E-state index contributed by atoms with van der Waals surface area (Å²) in [6.07, 6.45) is 1.82. The van der Waals surface area contributed by atoms with Gasteiger partial charge in [0, 0.05) is 0 Å². The normalized spacial score (nSPS) is 9.07. The van der Waals surface area contributed by atoms with Crippen molar-refractivity contribution in [3.8, 4) is 17.2 Å². The van der Waals surface area contributed by atoms with Gasteiger partial charge >= 0.3 is 35.3 Å². The molecule has 0 atom stereocenters. The molecule has 0 aliphatic rings. The molecule has 0 fully saturated rings. The Morgan fingerprint density at radius 1 is 1.00 bits per heavy atom. The third-order valence-electron chi connectivity index (χ3n) is 3.22. The first-order valence-corrected chi connectivity index (χ1v) is 14.2. The predicted molar refractivity (Wildman–Crippen MR) is 115 cm³/mol. The number of benzene rings is 2. The van der Waals surface area contributed by atoms with E-state index >= 15 is 0 Å². The van der Waals surface area contributed by atoms with Crippen LogP contribution >= 0.6 is 18.8 Å². The van der Waals surface area contributed by atoms with Crippen LogP contribution in [0.4, 0.5) is 0 Å². The zero-order chi connectivity index (χ0) is 21.2. The molecule has 0 unspecified atom stereocenters. The van der Waals surface area contributed by atoms with Crippen molar-refractivity contribution in [3.63, 3.8) is 0 Å². The molecule has 0 spiro atoms. The fraction of sp³-hybridized carbons (Fsp3) is 0.400. The van der Waals surface area contributed by atoms with Crippen LogP contribution < -0.4 is 4.74 Å². The molecule has 0 aliphatic carbocycles. The second-order valence-electron chi connectivity index (χ2n) is 5.05. The van der Waals surface area contributed by atoms with Crippen molar-refractivity contribution in [1.29, 1.82) is 0 Å². The average Bonchev–Trinajstić information content (AvgIpc) is 2.68. The molecule has 0 radical (unpaired) electrons. The van der Waals surface area contributed by atoms with Gasteiger partial charge in [-0.15, -0.1) is 0 Å². The van der Waals surface area contributed by atoms with Gasteiger partial charge in [-0.25, -0.2) is 0 Å². The molecule has 2 aromatic rings. The molecule has 0 aromatic heterocycles. The molecule has 4 nitrogen and oxygen atoms in total. The third-order valence-corrected chi connectivity index (χ3v) is 3.22. The summed E-state index contributed by atoms with van der Waals surface area (Å²) in [7, 11) is 11.0. The second kappa shape index (κ2) is 18.6. The van der Waals surface area contributed by atoms with Gasteiger partial charge in [-0.05, 0) is 61.2 Å². The van der Waals surface area contributed by atoms with Crippen LogP contribution in [-0.2, 0) is 22.9 Å². The summed E-state index contributed by atoms with van der Waals surface area (Å²) in [5.41, 5.74) is 16.4. The fourth-order valence-electron chi connectivity index (χ4n) is 2.27. The van der Waals surface area contributed by atoms with E-state index in [1.54, 1.807) is 24.3 Å². The summed E-state index contributed by atoms with van der Waals surface area (Å²) in [5.74, 6) is 1.81. The Morgan fingerprint density at radius 3 is 1.85 bits per heavy atom. The van der Waals surface area contributed by atoms with Crippen LogP contribution in [0, 0.1) is 13.8 Å². The van der Waals surface area contributed by atoms with Crippen molar-refractivity contribution in [1.82, 2.24) is 0 Å². The number of phenolic OH excluding ortho intramolecular Hbond substituents is 1. The Morgan fingerprint density at radius 2 is 1.44 bits per heavy atom. The molecule has 0 amide bonds. The van der Waals surface area contributed by atoms with Crippen LogP contribution in [0.15, 0.2) is 36.4 Å². The van der Waals surface area contributed by atoms with Crippen molar-refractivity contribution < 1.29 is 26.3 Å². The number of nitrogens with one attached hydrogen (secondary N) is 2. The van der Waals surface area contributed by atoms with Gasteiger partial charge in [0.05, 0.1) is 0 Å². The Hall–Kier alpha value is -0.772. The topological polar surface area (TPSA) is 77.1 Å². The van der Waals surface area contributed by atoms with Crippen molar-refractivity contribution >= 4 is 18.8 Å². The standard InChI is InChI=1S/C17H20NO2.C2H6.CH4N.2ClH.Pt/c1-12-10-14(4-3-9-18)11-13(2)17(12)20-16-7-5-15(19)6-8-16;2*1-2;;;/h5-8,10-11,18-19H,3-4,9H2,1-2H3;1-2H3;2H,1H3;2*1H;/q-1;;-1;;;+4/p-2. The number of halogens is 2. The Balaban J connectivity index is 0. The van der Waals surface area contributed by atoms with Gasteiger partial charge in [-0.1, -0.05) is 32.4 Å². The first-order valence-electron chi connectivity index (χ1n) is 8.55. The number of phenols is 1. The van der Waals surface area contributed by atoms with E-state index in [0.29, 0.717) is 12.3 Å². The van der Waals surface area contributed by atoms with E-state index < -0.39 is 16.5 Å². The summed E-state index contributed by atoms with van der Waals surface area (Å²) in [5, 5.41) is 9.28. The zero-order valence-electron chi connectivity index (χ0n) is 16.5. The molecule has 0 aliphatic heterocycles. The van der Waals surface area contributed by atoms with Crippen molar-refractivity contribution in [2.45, 2.75) is 40.5 Å². The van der Waals surface area contributed by atoms with Gasteiger partial charge in [0.25, 0.3) is 0 Å².